The number of para-hydroxylation sites is 2. The Morgan fingerprint density at radius 3 is 2.31 bits per heavy atom. The van der Waals surface area contributed by atoms with E-state index < -0.39 is 0 Å². The summed E-state index contributed by atoms with van der Waals surface area (Å²) in [6, 6.07) is 7.66. The first-order chi connectivity index (χ1) is 12.6. The molecular weight excluding hydrogens is 334 g/mol. The average molecular weight is 361 g/mol. The van der Waals surface area contributed by atoms with E-state index in [2.05, 4.69) is 10.1 Å². The number of benzene rings is 1. The summed E-state index contributed by atoms with van der Waals surface area (Å²) in [5.41, 5.74) is 1.69. The van der Waals surface area contributed by atoms with Gasteiger partial charge in [-0.1, -0.05) is 19.1 Å². The van der Waals surface area contributed by atoms with Gasteiger partial charge in [-0.3, -0.25) is 18.7 Å². The van der Waals surface area contributed by atoms with Crippen molar-refractivity contribution in [3.8, 4) is 0 Å². The molecule has 2 rings (SSSR count). The summed E-state index contributed by atoms with van der Waals surface area (Å²) < 4.78 is 8.00. The number of aryl methyl sites for hydroxylation is 2. The number of carbonyl (C=O) groups is 2. The zero-order chi connectivity index (χ0) is 18.9. The molecule has 1 heterocycles. The molecule has 0 fully saturated rings. The van der Waals surface area contributed by atoms with Crippen LogP contribution in [0.3, 0.4) is 0 Å². The van der Waals surface area contributed by atoms with Gasteiger partial charge in [-0.2, -0.15) is 0 Å². The summed E-state index contributed by atoms with van der Waals surface area (Å²) in [4.78, 5) is 35.7. The van der Waals surface area contributed by atoms with E-state index in [1.54, 1.807) is 9.13 Å². The Morgan fingerprint density at radius 1 is 1.04 bits per heavy atom. The van der Waals surface area contributed by atoms with Gasteiger partial charge in [0.2, 0.25) is 5.91 Å². The number of imidazole rings is 1. The molecule has 0 bridgehead atoms. The van der Waals surface area contributed by atoms with Crippen LogP contribution in [-0.2, 0) is 27.4 Å². The molecule has 0 saturated carbocycles. The summed E-state index contributed by atoms with van der Waals surface area (Å²) >= 11 is 0. The third kappa shape index (κ3) is 4.97. The van der Waals surface area contributed by atoms with Crippen LogP contribution in [0.4, 0.5) is 0 Å². The Bertz CT molecular complexity index is 807. The molecule has 26 heavy (non-hydrogen) atoms. The van der Waals surface area contributed by atoms with Gasteiger partial charge in [-0.15, -0.1) is 0 Å². The normalized spacial score (nSPS) is 10.8. The van der Waals surface area contributed by atoms with Crippen LogP contribution in [0.2, 0.25) is 0 Å². The van der Waals surface area contributed by atoms with Gasteiger partial charge in [0.25, 0.3) is 0 Å². The van der Waals surface area contributed by atoms with E-state index in [0.717, 1.165) is 23.9 Å². The van der Waals surface area contributed by atoms with Gasteiger partial charge >= 0.3 is 11.7 Å². The Balaban J connectivity index is 1.89. The molecule has 0 aliphatic heterocycles. The summed E-state index contributed by atoms with van der Waals surface area (Å²) in [7, 11) is 1.36. The molecule has 1 amide bonds. The lowest BCUT2D eigenvalue weighted by Gasteiger charge is -2.06. The molecule has 142 valence electrons. The minimum absolute atomic E-state index is 0.0704. The summed E-state index contributed by atoms with van der Waals surface area (Å²) in [5, 5.41) is 2.83. The molecule has 7 heteroatoms. The second-order valence-electron chi connectivity index (χ2n) is 6.21. The summed E-state index contributed by atoms with van der Waals surface area (Å²) in [6.45, 7) is 3.57. The second kappa shape index (κ2) is 9.79. The van der Waals surface area contributed by atoms with E-state index in [1.165, 1.54) is 7.11 Å². The lowest BCUT2D eigenvalue weighted by atomic mass is 10.2. The van der Waals surface area contributed by atoms with Crippen LogP contribution in [0.1, 0.15) is 39.0 Å². The predicted molar refractivity (Wildman–Crippen MR) is 100.0 cm³/mol. The van der Waals surface area contributed by atoms with Gasteiger partial charge < -0.3 is 10.1 Å². The van der Waals surface area contributed by atoms with Crippen LogP contribution in [0.5, 0.6) is 0 Å². The highest BCUT2D eigenvalue weighted by Gasteiger charge is 2.13. The number of fused-ring (bicyclic) bond motifs is 1. The maximum atomic E-state index is 12.6. The highest BCUT2D eigenvalue weighted by Crippen LogP contribution is 2.13. The molecule has 0 saturated heterocycles. The molecule has 0 radical (unpaired) electrons. The van der Waals surface area contributed by atoms with Crippen LogP contribution in [0.15, 0.2) is 29.1 Å². The standard InChI is InChI=1S/C19H27N3O4/c1-3-13-21-15-8-4-5-9-16(15)22(19(21)25)14-11-17(23)20-12-7-6-10-18(24)26-2/h4-5,8-9H,3,6-7,10-14H2,1-2H3,(H,20,23). The second-order valence-corrected chi connectivity index (χ2v) is 6.21. The lowest BCUT2D eigenvalue weighted by Crippen LogP contribution is -2.29. The topological polar surface area (TPSA) is 82.3 Å². The van der Waals surface area contributed by atoms with Crippen molar-refractivity contribution < 1.29 is 14.3 Å². The Hall–Kier alpha value is -2.57. The van der Waals surface area contributed by atoms with Crippen molar-refractivity contribution in [3.05, 3.63) is 34.7 Å². The molecule has 1 aromatic carbocycles. The Morgan fingerprint density at radius 2 is 1.69 bits per heavy atom. The van der Waals surface area contributed by atoms with E-state index in [0.29, 0.717) is 32.5 Å². The van der Waals surface area contributed by atoms with Crippen molar-refractivity contribution in [1.29, 1.82) is 0 Å². The van der Waals surface area contributed by atoms with Gasteiger partial charge in [0.15, 0.2) is 0 Å². The number of unbranched alkanes of at least 4 members (excludes halogenated alkanes) is 1. The minimum atomic E-state index is -0.237. The number of nitrogens with one attached hydrogen (secondary N) is 1. The first-order valence-corrected chi connectivity index (χ1v) is 9.10. The number of hydrogen-bond donors (Lipinski definition) is 1. The highest BCUT2D eigenvalue weighted by molar-refractivity contribution is 5.78. The van der Waals surface area contributed by atoms with Gasteiger partial charge in [0.1, 0.15) is 0 Å². The monoisotopic (exact) mass is 361 g/mol. The van der Waals surface area contributed by atoms with Gasteiger partial charge in [-0.05, 0) is 31.4 Å². The van der Waals surface area contributed by atoms with Crippen LogP contribution < -0.4 is 11.0 Å². The molecule has 2 aromatic rings. The van der Waals surface area contributed by atoms with Crippen LogP contribution in [0, 0.1) is 0 Å². The molecule has 0 spiro atoms. The zero-order valence-electron chi connectivity index (χ0n) is 15.5. The number of methoxy groups -OCH3 is 1. The number of amides is 1. The van der Waals surface area contributed by atoms with Crippen molar-refractivity contribution in [3.63, 3.8) is 0 Å². The molecule has 1 aromatic heterocycles. The van der Waals surface area contributed by atoms with E-state index in [9.17, 15) is 14.4 Å². The van der Waals surface area contributed by atoms with E-state index >= 15 is 0 Å². The quantitative estimate of drug-likeness (QED) is 0.519. The largest absolute Gasteiger partial charge is 0.469 e. The molecular formula is C19H27N3O4. The number of aromatic nitrogens is 2. The predicted octanol–water partition coefficient (Wildman–Crippen LogP) is 2.06. The van der Waals surface area contributed by atoms with E-state index in [1.807, 2.05) is 31.2 Å². The van der Waals surface area contributed by atoms with Crippen LogP contribution in [-0.4, -0.2) is 34.7 Å². The van der Waals surface area contributed by atoms with Crippen molar-refractivity contribution in [2.75, 3.05) is 13.7 Å². The first kappa shape index (κ1) is 19.8. The molecule has 0 aliphatic rings. The third-order valence-corrected chi connectivity index (χ3v) is 4.29. The van der Waals surface area contributed by atoms with Crippen molar-refractivity contribution in [2.45, 2.75) is 52.1 Å². The number of rotatable bonds is 10. The Labute approximate surface area is 152 Å². The van der Waals surface area contributed by atoms with E-state index in [-0.39, 0.29) is 24.0 Å². The fourth-order valence-corrected chi connectivity index (χ4v) is 2.95. The van der Waals surface area contributed by atoms with Crippen molar-refractivity contribution in [2.24, 2.45) is 0 Å². The van der Waals surface area contributed by atoms with E-state index in [4.69, 9.17) is 0 Å². The SMILES string of the molecule is CCCn1c(=O)n(CCC(=O)NCCCCC(=O)OC)c2ccccc21. The summed E-state index contributed by atoms with van der Waals surface area (Å²) in [6.07, 6.45) is 2.88. The van der Waals surface area contributed by atoms with Gasteiger partial charge in [-0.25, -0.2) is 4.79 Å². The average Bonchev–Trinajstić information content (AvgIpc) is 2.91. The number of hydrogen-bond acceptors (Lipinski definition) is 4. The van der Waals surface area contributed by atoms with Crippen LogP contribution in [0.25, 0.3) is 11.0 Å². The van der Waals surface area contributed by atoms with Gasteiger partial charge in [0, 0.05) is 32.5 Å². The van der Waals surface area contributed by atoms with Crippen LogP contribution >= 0.6 is 0 Å². The molecule has 1 N–H and O–H groups in total. The highest BCUT2D eigenvalue weighted by atomic mass is 16.5. The Kier molecular flexibility index (Phi) is 7.44. The number of carbonyl (C=O) groups excluding carboxylic acids is 2. The van der Waals surface area contributed by atoms with Gasteiger partial charge in [0.05, 0.1) is 18.1 Å². The number of ether oxygens (including phenoxy) is 1. The molecule has 0 unspecified atom stereocenters. The zero-order valence-corrected chi connectivity index (χ0v) is 15.5. The lowest BCUT2D eigenvalue weighted by molar-refractivity contribution is -0.140. The maximum absolute atomic E-state index is 12.6. The first-order valence-electron chi connectivity index (χ1n) is 9.10. The fraction of sp³-hybridized carbons (Fsp3) is 0.526. The molecule has 7 nitrogen and oxygen atoms in total. The number of nitrogens with zero attached hydrogens (tertiary/aromatic N) is 2. The van der Waals surface area contributed by atoms with Crippen molar-refractivity contribution >= 4 is 22.9 Å². The third-order valence-electron chi connectivity index (χ3n) is 4.29. The van der Waals surface area contributed by atoms with Crippen molar-refractivity contribution in [1.82, 2.24) is 14.5 Å². The minimum Gasteiger partial charge on any atom is -0.469 e. The number of esters is 1. The summed E-state index contributed by atoms with van der Waals surface area (Å²) in [5.74, 6) is -0.332. The smallest absolute Gasteiger partial charge is 0.329 e. The molecule has 0 aliphatic carbocycles. The molecule has 0 atom stereocenters. The maximum Gasteiger partial charge on any atom is 0.329 e. The fourth-order valence-electron chi connectivity index (χ4n) is 2.95.